The second-order valence-corrected chi connectivity index (χ2v) is 8.32. The predicted molar refractivity (Wildman–Crippen MR) is 97.4 cm³/mol. The molecular weight excluding hydrogens is 362 g/mol. The maximum atomic E-state index is 12.8. The molecule has 0 aliphatic carbocycles. The van der Waals surface area contributed by atoms with Crippen LogP contribution in [0.5, 0.6) is 0 Å². The number of aryl methyl sites for hydroxylation is 1. The quantitative estimate of drug-likeness (QED) is 0.833. The molecule has 1 N–H and O–H groups in total. The number of nitrogens with zero attached hydrogens (tertiary/aromatic N) is 1. The fourth-order valence-electron chi connectivity index (χ4n) is 2.50. The standard InChI is InChI=1S/C18H20ClNO4S/c1-12-7-9-15(10-8-12)25(23,24)20(3)17(18(21)22)11-14-5-4-6-16(19)13(14)2/h4-10,17H,11H2,1-3H3,(H,21,22)/t17-/m1/s1. The summed E-state index contributed by atoms with van der Waals surface area (Å²) in [4.78, 5) is 11.8. The Kier molecular flexibility index (Phi) is 5.87. The number of carbonyl (C=O) groups is 1. The van der Waals surface area contributed by atoms with E-state index in [1.807, 2.05) is 6.92 Å². The van der Waals surface area contributed by atoms with E-state index in [0.29, 0.717) is 10.6 Å². The molecule has 0 fully saturated rings. The molecule has 0 heterocycles. The first-order chi connectivity index (χ1) is 11.6. The number of aliphatic carboxylic acids is 1. The number of hydrogen-bond donors (Lipinski definition) is 1. The summed E-state index contributed by atoms with van der Waals surface area (Å²) in [6, 6.07) is 10.3. The van der Waals surface area contributed by atoms with Gasteiger partial charge in [0.05, 0.1) is 4.90 Å². The van der Waals surface area contributed by atoms with Gasteiger partial charge in [0, 0.05) is 18.5 Å². The van der Waals surface area contributed by atoms with E-state index < -0.39 is 22.0 Å². The van der Waals surface area contributed by atoms with Crippen molar-refractivity contribution in [3.05, 3.63) is 64.2 Å². The van der Waals surface area contributed by atoms with Crippen LogP contribution in [0.25, 0.3) is 0 Å². The van der Waals surface area contributed by atoms with Crippen molar-refractivity contribution in [1.29, 1.82) is 0 Å². The SMILES string of the molecule is Cc1ccc(S(=O)(=O)N(C)[C@H](Cc2cccc(Cl)c2C)C(=O)O)cc1. The monoisotopic (exact) mass is 381 g/mol. The summed E-state index contributed by atoms with van der Waals surface area (Å²) in [7, 11) is -2.64. The third kappa shape index (κ3) is 4.21. The zero-order valence-electron chi connectivity index (χ0n) is 14.2. The highest BCUT2D eigenvalue weighted by molar-refractivity contribution is 7.89. The Bertz CT molecular complexity index is 878. The molecule has 134 valence electrons. The fraction of sp³-hybridized carbons (Fsp3) is 0.278. The van der Waals surface area contributed by atoms with Crippen molar-refractivity contribution in [3.8, 4) is 0 Å². The molecular formula is C18H20ClNO4S. The van der Waals surface area contributed by atoms with Gasteiger partial charge in [-0.3, -0.25) is 4.79 Å². The first kappa shape index (κ1) is 19.4. The van der Waals surface area contributed by atoms with E-state index >= 15 is 0 Å². The van der Waals surface area contributed by atoms with E-state index in [2.05, 4.69) is 0 Å². The molecule has 7 heteroatoms. The molecule has 0 saturated carbocycles. The number of rotatable bonds is 6. The average Bonchev–Trinajstić information content (AvgIpc) is 2.55. The van der Waals surface area contributed by atoms with Crippen molar-refractivity contribution in [2.75, 3.05) is 7.05 Å². The van der Waals surface area contributed by atoms with E-state index in [9.17, 15) is 18.3 Å². The Hall–Kier alpha value is -1.89. The first-order valence-corrected chi connectivity index (χ1v) is 9.48. The highest BCUT2D eigenvalue weighted by Crippen LogP contribution is 2.23. The van der Waals surface area contributed by atoms with Gasteiger partial charge in [0.1, 0.15) is 6.04 Å². The molecule has 0 aliphatic rings. The summed E-state index contributed by atoms with van der Waals surface area (Å²) in [5.74, 6) is -1.21. The van der Waals surface area contributed by atoms with Crippen LogP contribution in [0.4, 0.5) is 0 Å². The third-order valence-electron chi connectivity index (χ3n) is 4.22. The summed E-state index contributed by atoms with van der Waals surface area (Å²) in [5, 5.41) is 10.1. The van der Waals surface area contributed by atoms with Gasteiger partial charge >= 0.3 is 5.97 Å². The topological polar surface area (TPSA) is 74.7 Å². The molecule has 0 bridgehead atoms. The van der Waals surface area contributed by atoms with Crippen molar-refractivity contribution in [1.82, 2.24) is 4.31 Å². The van der Waals surface area contributed by atoms with E-state index in [-0.39, 0.29) is 11.3 Å². The van der Waals surface area contributed by atoms with E-state index in [1.165, 1.54) is 19.2 Å². The van der Waals surface area contributed by atoms with Gasteiger partial charge in [-0.1, -0.05) is 41.4 Å². The van der Waals surface area contributed by atoms with Crippen LogP contribution < -0.4 is 0 Å². The molecule has 0 amide bonds. The average molecular weight is 382 g/mol. The lowest BCUT2D eigenvalue weighted by atomic mass is 10.0. The minimum Gasteiger partial charge on any atom is -0.480 e. The zero-order chi connectivity index (χ0) is 18.8. The van der Waals surface area contributed by atoms with Crippen LogP contribution in [0.2, 0.25) is 5.02 Å². The molecule has 0 spiro atoms. The molecule has 2 aromatic rings. The van der Waals surface area contributed by atoms with Crippen LogP contribution in [0.3, 0.4) is 0 Å². The van der Waals surface area contributed by atoms with Gasteiger partial charge in [0.25, 0.3) is 0 Å². The molecule has 0 radical (unpaired) electrons. The van der Waals surface area contributed by atoms with Crippen LogP contribution in [-0.4, -0.2) is 36.9 Å². The highest BCUT2D eigenvalue weighted by Gasteiger charge is 2.33. The second-order valence-electron chi connectivity index (χ2n) is 5.92. The lowest BCUT2D eigenvalue weighted by Crippen LogP contribution is -2.43. The van der Waals surface area contributed by atoms with Crippen LogP contribution in [0.15, 0.2) is 47.4 Å². The van der Waals surface area contributed by atoms with Crippen LogP contribution in [0.1, 0.15) is 16.7 Å². The Labute approximate surface area is 152 Å². The van der Waals surface area contributed by atoms with E-state index in [1.54, 1.807) is 37.3 Å². The third-order valence-corrected chi connectivity index (χ3v) is 6.51. The van der Waals surface area contributed by atoms with Crippen molar-refractivity contribution < 1.29 is 18.3 Å². The molecule has 1 atom stereocenters. The zero-order valence-corrected chi connectivity index (χ0v) is 15.8. The number of carboxylic acids is 1. The smallest absolute Gasteiger partial charge is 0.322 e. The van der Waals surface area contributed by atoms with Crippen molar-refractivity contribution >= 4 is 27.6 Å². The number of sulfonamides is 1. The van der Waals surface area contributed by atoms with Crippen molar-refractivity contribution in [2.45, 2.75) is 31.2 Å². The number of carboxylic acid groups (broad SMARTS) is 1. The molecule has 0 aliphatic heterocycles. The minimum atomic E-state index is -3.92. The lowest BCUT2D eigenvalue weighted by Gasteiger charge is -2.25. The second kappa shape index (κ2) is 7.56. The molecule has 5 nitrogen and oxygen atoms in total. The Balaban J connectivity index is 2.37. The molecule has 25 heavy (non-hydrogen) atoms. The minimum absolute atomic E-state index is 0.0311. The van der Waals surface area contributed by atoms with Crippen molar-refractivity contribution in [3.63, 3.8) is 0 Å². The number of likely N-dealkylation sites (N-methyl/N-ethyl adjacent to an activating group) is 1. The number of hydrogen-bond acceptors (Lipinski definition) is 3. The summed E-state index contributed by atoms with van der Waals surface area (Å²) in [6.07, 6.45) is 0.0311. The van der Waals surface area contributed by atoms with Crippen LogP contribution in [-0.2, 0) is 21.2 Å². The van der Waals surface area contributed by atoms with Crippen LogP contribution in [0, 0.1) is 13.8 Å². The molecule has 2 aromatic carbocycles. The summed E-state index contributed by atoms with van der Waals surface area (Å²) < 4.78 is 26.4. The van der Waals surface area contributed by atoms with E-state index in [4.69, 9.17) is 11.6 Å². The molecule has 0 aromatic heterocycles. The Morgan fingerprint density at radius 2 is 1.76 bits per heavy atom. The summed E-state index contributed by atoms with van der Waals surface area (Å²) >= 11 is 6.08. The maximum Gasteiger partial charge on any atom is 0.322 e. The van der Waals surface area contributed by atoms with Crippen molar-refractivity contribution in [2.24, 2.45) is 0 Å². The molecule has 0 saturated heterocycles. The lowest BCUT2D eigenvalue weighted by molar-refractivity contribution is -0.141. The summed E-state index contributed by atoms with van der Waals surface area (Å²) in [6.45, 7) is 3.63. The Morgan fingerprint density at radius 1 is 1.16 bits per heavy atom. The highest BCUT2D eigenvalue weighted by atomic mass is 35.5. The normalized spacial score (nSPS) is 13.0. The van der Waals surface area contributed by atoms with Gasteiger partial charge in [-0.05, 0) is 43.2 Å². The summed E-state index contributed by atoms with van der Waals surface area (Å²) in [5.41, 5.74) is 2.37. The predicted octanol–water partition coefficient (Wildman–Crippen LogP) is 3.27. The maximum absolute atomic E-state index is 12.8. The van der Waals surface area contributed by atoms with Gasteiger partial charge in [0.2, 0.25) is 10.0 Å². The van der Waals surface area contributed by atoms with E-state index in [0.717, 1.165) is 15.4 Å². The first-order valence-electron chi connectivity index (χ1n) is 7.66. The molecule has 0 unspecified atom stereocenters. The fourth-order valence-corrected chi connectivity index (χ4v) is 4.00. The Morgan fingerprint density at radius 3 is 2.32 bits per heavy atom. The van der Waals surface area contributed by atoms with Crippen LogP contribution >= 0.6 is 11.6 Å². The number of benzene rings is 2. The van der Waals surface area contributed by atoms with Gasteiger partial charge in [0.15, 0.2) is 0 Å². The van der Waals surface area contributed by atoms with Gasteiger partial charge in [-0.25, -0.2) is 8.42 Å². The molecule has 2 rings (SSSR count). The van der Waals surface area contributed by atoms with Gasteiger partial charge < -0.3 is 5.11 Å². The largest absolute Gasteiger partial charge is 0.480 e. The van der Waals surface area contributed by atoms with Gasteiger partial charge in [-0.15, -0.1) is 0 Å². The number of halogens is 1. The van der Waals surface area contributed by atoms with Gasteiger partial charge in [-0.2, -0.15) is 4.31 Å².